The largest absolute Gasteiger partial charge is 0.383 e. The lowest BCUT2D eigenvalue weighted by molar-refractivity contribution is 0.163. The second-order valence-electron chi connectivity index (χ2n) is 5.28. The highest BCUT2D eigenvalue weighted by Crippen LogP contribution is 2.21. The third-order valence-electron chi connectivity index (χ3n) is 3.87. The first-order chi connectivity index (χ1) is 9.11. The van der Waals surface area contributed by atoms with Crippen LogP contribution in [0.2, 0.25) is 0 Å². The number of amidine groups is 1. The first-order valence-corrected chi connectivity index (χ1v) is 8.00. The van der Waals surface area contributed by atoms with Crippen LogP contribution in [0.4, 0.5) is 0 Å². The monoisotopic (exact) mass is 280 g/mol. The number of likely N-dealkylation sites (tertiary alicyclic amines) is 1. The van der Waals surface area contributed by atoms with Gasteiger partial charge in [-0.05, 0) is 32.7 Å². The van der Waals surface area contributed by atoms with Gasteiger partial charge in [-0.15, -0.1) is 11.3 Å². The smallest absolute Gasteiger partial charge is 0.135 e. The molecule has 3 N–H and O–H groups in total. The number of piperidine rings is 1. The highest BCUT2D eigenvalue weighted by atomic mass is 32.1. The molecular weight excluding hydrogens is 256 g/mol. The Balaban J connectivity index is 1.97. The molecule has 0 bridgehead atoms. The molecule has 1 saturated heterocycles. The lowest BCUT2D eigenvalue weighted by Crippen LogP contribution is -2.38. The van der Waals surface area contributed by atoms with Gasteiger partial charge < -0.3 is 10.6 Å². The van der Waals surface area contributed by atoms with Crippen molar-refractivity contribution in [3.63, 3.8) is 0 Å². The Hall–Kier alpha value is -0.940. The zero-order chi connectivity index (χ0) is 13.8. The minimum Gasteiger partial charge on any atom is -0.383 e. The Morgan fingerprint density at radius 3 is 2.89 bits per heavy atom. The van der Waals surface area contributed by atoms with E-state index in [0.29, 0.717) is 6.04 Å². The summed E-state index contributed by atoms with van der Waals surface area (Å²) < 4.78 is 0. The summed E-state index contributed by atoms with van der Waals surface area (Å²) in [6.07, 6.45) is 5.84. The van der Waals surface area contributed by atoms with Crippen LogP contribution < -0.4 is 5.73 Å². The fourth-order valence-corrected chi connectivity index (χ4v) is 3.69. The Kier molecular flexibility index (Phi) is 4.93. The molecule has 1 aliphatic rings. The van der Waals surface area contributed by atoms with Crippen molar-refractivity contribution in [2.24, 2.45) is 5.73 Å². The molecule has 1 unspecified atom stereocenters. The van der Waals surface area contributed by atoms with E-state index in [1.54, 1.807) is 11.3 Å². The van der Waals surface area contributed by atoms with Gasteiger partial charge in [-0.25, -0.2) is 4.98 Å². The lowest BCUT2D eigenvalue weighted by Gasteiger charge is -2.33. The van der Waals surface area contributed by atoms with Crippen LogP contribution >= 0.6 is 11.3 Å². The molecule has 2 rings (SSSR count). The van der Waals surface area contributed by atoms with Crippen molar-refractivity contribution in [2.75, 3.05) is 13.1 Å². The molecule has 1 atom stereocenters. The fraction of sp³-hybridized carbons (Fsp3) is 0.714. The first kappa shape index (κ1) is 14.5. The molecule has 19 heavy (non-hydrogen) atoms. The molecule has 1 aromatic rings. The maximum atomic E-state index is 7.59. The van der Waals surface area contributed by atoms with E-state index in [0.717, 1.165) is 35.0 Å². The zero-order valence-corrected chi connectivity index (χ0v) is 12.7. The van der Waals surface area contributed by atoms with Gasteiger partial charge in [-0.3, -0.25) is 5.41 Å². The summed E-state index contributed by atoms with van der Waals surface area (Å²) in [7, 11) is 0. The zero-order valence-electron chi connectivity index (χ0n) is 11.9. The lowest BCUT2D eigenvalue weighted by atomic mass is 10.0. The number of hydrogen-bond acceptors (Lipinski definition) is 4. The van der Waals surface area contributed by atoms with Crippen LogP contribution in [0.15, 0.2) is 0 Å². The summed E-state index contributed by atoms with van der Waals surface area (Å²) in [6.45, 7) is 6.68. The third-order valence-corrected chi connectivity index (χ3v) is 5.07. The molecular formula is C14H24N4S. The van der Waals surface area contributed by atoms with Crippen LogP contribution in [0.3, 0.4) is 0 Å². The predicted octanol–water partition coefficient (Wildman–Crippen LogP) is 2.41. The second-order valence-corrected chi connectivity index (χ2v) is 6.37. The van der Waals surface area contributed by atoms with E-state index in [1.807, 2.05) is 0 Å². The number of hydrogen-bond donors (Lipinski definition) is 2. The van der Waals surface area contributed by atoms with Crippen LogP contribution in [0.25, 0.3) is 0 Å². The second kappa shape index (κ2) is 6.48. The Morgan fingerprint density at radius 2 is 2.32 bits per heavy atom. The molecule has 106 valence electrons. The molecule has 5 heteroatoms. The summed E-state index contributed by atoms with van der Waals surface area (Å²) in [4.78, 5) is 8.05. The van der Waals surface area contributed by atoms with Gasteiger partial charge in [0.15, 0.2) is 0 Å². The molecule has 0 radical (unpaired) electrons. The van der Waals surface area contributed by atoms with Crippen molar-refractivity contribution in [2.45, 2.75) is 52.0 Å². The topological polar surface area (TPSA) is 66.0 Å². The van der Waals surface area contributed by atoms with Gasteiger partial charge in [0.25, 0.3) is 0 Å². The van der Waals surface area contributed by atoms with Crippen molar-refractivity contribution in [3.05, 3.63) is 15.6 Å². The number of nitrogens with zero attached hydrogens (tertiary/aromatic N) is 2. The van der Waals surface area contributed by atoms with Gasteiger partial charge in [-0.2, -0.15) is 0 Å². The quantitative estimate of drug-likeness (QED) is 0.643. The maximum Gasteiger partial charge on any atom is 0.135 e. The molecule has 1 aliphatic heterocycles. The van der Waals surface area contributed by atoms with Crippen molar-refractivity contribution in [1.29, 1.82) is 5.41 Å². The molecule has 1 fully saturated rings. The van der Waals surface area contributed by atoms with Crippen molar-refractivity contribution >= 4 is 17.2 Å². The summed E-state index contributed by atoms with van der Waals surface area (Å²) in [5, 5.41) is 8.72. The van der Waals surface area contributed by atoms with E-state index in [9.17, 15) is 0 Å². The first-order valence-electron chi connectivity index (χ1n) is 7.18. The van der Waals surface area contributed by atoms with Crippen molar-refractivity contribution in [1.82, 2.24) is 9.88 Å². The van der Waals surface area contributed by atoms with Gasteiger partial charge >= 0.3 is 0 Å². The van der Waals surface area contributed by atoms with Crippen molar-refractivity contribution in [3.8, 4) is 0 Å². The predicted molar refractivity (Wildman–Crippen MR) is 81.1 cm³/mol. The van der Waals surface area contributed by atoms with Gasteiger partial charge in [0, 0.05) is 19.0 Å². The van der Waals surface area contributed by atoms with Crippen LogP contribution in [-0.2, 0) is 12.8 Å². The number of nitrogens with one attached hydrogen (secondary N) is 1. The third kappa shape index (κ3) is 3.54. The van der Waals surface area contributed by atoms with Crippen molar-refractivity contribution < 1.29 is 0 Å². The summed E-state index contributed by atoms with van der Waals surface area (Å²) >= 11 is 1.59. The molecule has 0 amide bonds. The Bertz CT molecular complexity index is 441. The van der Waals surface area contributed by atoms with Gasteiger partial charge in [0.05, 0.1) is 15.6 Å². The number of aryl methyl sites for hydroxylation is 1. The molecule has 0 aromatic carbocycles. The summed E-state index contributed by atoms with van der Waals surface area (Å²) in [5.41, 5.74) is 6.59. The van der Waals surface area contributed by atoms with Crippen LogP contribution in [0.5, 0.6) is 0 Å². The van der Waals surface area contributed by atoms with E-state index in [2.05, 4.69) is 23.7 Å². The van der Waals surface area contributed by atoms with E-state index in [4.69, 9.17) is 11.1 Å². The molecule has 2 heterocycles. The molecule has 4 nitrogen and oxygen atoms in total. The summed E-state index contributed by atoms with van der Waals surface area (Å²) in [6, 6.07) is 0.701. The molecule has 0 saturated carbocycles. The van der Waals surface area contributed by atoms with Crippen LogP contribution in [-0.4, -0.2) is 34.9 Å². The number of nitrogen functional groups attached to an aromatic ring is 1. The minimum atomic E-state index is 0.159. The van der Waals surface area contributed by atoms with Gasteiger partial charge in [0.1, 0.15) is 5.84 Å². The molecule has 0 aliphatic carbocycles. The number of rotatable bonds is 5. The normalized spacial score (nSPS) is 20.6. The highest BCUT2D eigenvalue weighted by molar-refractivity contribution is 7.13. The van der Waals surface area contributed by atoms with Crippen LogP contribution in [0.1, 0.15) is 48.7 Å². The van der Waals surface area contributed by atoms with Crippen LogP contribution in [0, 0.1) is 5.41 Å². The van der Waals surface area contributed by atoms with E-state index < -0.39 is 0 Å². The maximum absolute atomic E-state index is 7.59. The van der Waals surface area contributed by atoms with E-state index >= 15 is 0 Å². The van der Waals surface area contributed by atoms with Gasteiger partial charge in [-0.1, -0.05) is 13.3 Å². The Morgan fingerprint density at radius 1 is 1.53 bits per heavy atom. The van der Waals surface area contributed by atoms with E-state index in [-0.39, 0.29) is 5.84 Å². The molecule has 1 aromatic heterocycles. The molecule has 0 spiro atoms. The summed E-state index contributed by atoms with van der Waals surface area (Å²) in [5.74, 6) is 0.159. The minimum absolute atomic E-state index is 0.159. The fourth-order valence-electron chi connectivity index (χ4n) is 2.69. The Labute approximate surface area is 119 Å². The standard InChI is InChI=1S/C14H24N4S/c1-3-11-13(14(15)16)19-12(17-11)7-9-18-8-5-4-6-10(18)2/h10H,3-9H2,1-2H3,(H3,15,16). The number of thiazole rings is 1. The SMILES string of the molecule is CCc1nc(CCN2CCCCC2C)sc1C(=N)N. The average molecular weight is 280 g/mol. The number of aromatic nitrogens is 1. The van der Waals surface area contributed by atoms with Gasteiger partial charge in [0.2, 0.25) is 0 Å². The highest BCUT2D eigenvalue weighted by Gasteiger charge is 2.19. The average Bonchev–Trinajstić information content (AvgIpc) is 2.81. The number of nitrogens with two attached hydrogens (primary N) is 1. The van der Waals surface area contributed by atoms with E-state index in [1.165, 1.54) is 25.8 Å².